The second-order valence-electron chi connectivity index (χ2n) is 6.82. The molecule has 1 aliphatic rings. The summed E-state index contributed by atoms with van der Waals surface area (Å²) in [6, 6.07) is 7.84. The number of halogens is 2. The quantitative estimate of drug-likeness (QED) is 0.917. The SMILES string of the molecule is CN1CC(NC(=O)c2nnc(C(C)(C)C(F)F)o2)Cc2ccccc21. The molecule has 1 N–H and O–H groups in total. The Morgan fingerprint density at radius 3 is 2.80 bits per heavy atom. The van der Waals surface area contributed by atoms with E-state index in [0.29, 0.717) is 13.0 Å². The Labute approximate surface area is 144 Å². The van der Waals surface area contributed by atoms with Gasteiger partial charge in [0.1, 0.15) is 5.41 Å². The number of benzene rings is 1. The van der Waals surface area contributed by atoms with Crippen molar-refractivity contribution in [1.82, 2.24) is 15.5 Å². The van der Waals surface area contributed by atoms with E-state index in [1.165, 1.54) is 13.8 Å². The van der Waals surface area contributed by atoms with Crippen LogP contribution in [0.15, 0.2) is 28.7 Å². The van der Waals surface area contributed by atoms with Crippen molar-refractivity contribution in [2.24, 2.45) is 0 Å². The second-order valence-corrected chi connectivity index (χ2v) is 6.82. The highest BCUT2D eigenvalue weighted by Gasteiger charge is 2.38. The summed E-state index contributed by atoms with van der Waals surface area (Å²) >= 11 is 0. The van der Waals surface area contributed by atoms with Crippen LogP contribution in [0, 0.1) is 0 Å². The van der Waals surface area contributed by atoms with Gasteiger partial charge >= 0.3 is 11.8 Å². The van der Waals surface area contributed by atoms with E-state index in [4.69, 9.17) is 4.42 Å². The predicted octanol–water partition coefficient (Wildman–Crippen LogP) is 2.40. The van der Waals surface area contributed by atoms with Crippen molar-refractivity contribution in [2.75, 3.05) is 18.5 Å². The fraction of sp³-hybridized carbons (Fsp3) is 0.471. The summed E-state index contributed by atoms with van der Waals surface area (Å²) in [4.78, 5) is 14.4. The number of para-hydroxylation sites is 1. The molecule has 0 radical (unpaired) electrons. The number of nitrogens with one attached hydrogen (secondary N) is 1. The van der Waals surface area contributed by atoms with Gasteiger partial charge in [0.15, 0.2) is 0 Å². The fourth-order valence-corrected chi connectivity index (χ4v) is 2.83. The number of alkyl halides is 2. The van der Waals surface area contributed by atoms with Crippen molar-refractivity contribution >= 4 is 11.6 Å². The van der Waals surface area contributed by atoms with E-state index >= 15 is 0 Å². The lowest BCUT2D eigenvalue weighted by atomic mass is 9.94. The van der Waals surface area contributed by atoms with Crippen LogP contribution in [0.4, 0.5) is 14.5 Å². The van der Waals surface area contributed by atoms with Crippen LogP contribution in [0.3, 0.4) is 0 Å². The Morgan fingerprint density at radius 2 is 2.08 bits per heavy atom. The van der Waals surface area contributed by atoms with Crippen LogP contribution < -0.4 is 10.2 Å². The third kappa shape index (κ3) is 3.33. The Bertz CT molecular complexity index is 776. The molecule has 1 aromatic carbocycles. The van der Waals surface area contributed by atoms with E-state index < -0.39 is 17.7 Å². The number of hydrogen-bond donors (Lipinski definition) is 1. The van der Waals surface area contributed by atoms with Gasteiger partial charge < -0.3 is 14.6 Å². The van der Waals surface area contributed by atoms with Crippen molar-refractivity contribution in [3.05, 3.63) is 41.6 Å². The first-order valence-electron chi connectivity index (χ1n) is 8.01. The molecule has 1 aliphatic heterocycles. The highest BCUT2D eigenvalue weighted by atomic mass is 19.3. The average molecular weight is 350 g/mol. The topological polar surface area (TPSA) is 71.3 Å². The van der Waals surface area contributed by atoms with E-state index in [1.807, 2.05) is 31.3 Å². The molecule has 134 valence electrons. The molecule has 1 unspecified atom stereocenters. The van der Waals surface area contributed by atoms with Crippen molar-refractivity contribution in [1.29, 1.82) is 0 Å². The van der Waals surface area contributed by atoms with Crippen molar-refractivity contribution in [3.63, 3.8) is 0 Å². The predicted molar refractivity (Wildman–Crippen MR) is 88.0 cm³/mol. The Morgan fingerprint density at radius 1 is 1.36 bits per heavy atom. The maximum Gasteiger partial charge on any atom is 0.309 e. The van der Waals surface area contributed by atoms with E-state index in [-0.39, 0.29) is 17.8 Å². The van der Waals surface area contributed by atoms with Gasteiger partial charge in [-0.05, 0) is 31.9 Å². The molecule has 0 saturated heterocycles. The van der Waals surface area contributed by atoms with E-state index in [0.717, 1.165) is 11.3 Å². The summed E-state index contributed by atoms with van der Waals surface area (Å²) in [5.41, 5.74) is 0.661. The Kier molecular flexibility index (Phi) is 4.45. The van der Waals surface area contributed by atoms with Gasteiger partial charge in [0.25, 0.3) is 6.43 Å². The van der Waals surface area contributed by atoms with Gasteiger partial charge in [0.05, 0.1) is 6.04 Å². The highest BCUT2D eigenvalue weighted by molar-refractivity contribution is 5.89. The lowest BCUT2D eigenvalue weighted by Gasteiger charge is -2.33. The zero-order chi connectivity index (χ0) is 18.2. The first kappa shape index (κ1) is 17.3. The van der Waals surface area contributed by atoms with Gasteiger partial charge in [-0.25, -0.2) is 8.78 Å². The summed E-state index contributed by atoms with van der Waals surface area (Å²) in [7, 11) is 1.95. The average Bonchev–Trinajstić information content (AvgIpc) is 3.05. The lowest BCUT2D eigenvalue weighted by molar-refractivity contribution is 0.0527. The van der Waals surface area contributed by atoms with E-state index in [9.17, 15) is 13.6 Å². The van der Waals surface area contributed by atoms with Crippen LogP contribution in [-0.4, -0.2) is 42.2 Å². The number of nitrogens with zero attached hydrogens (tertiary/aromatic N) is 3. The Balaban J connectivity index is 1.71. The monoisotopic (exact) mass is 350 g/mol. The molecule has 0 saturated carbocycles. The van der Waals surface area contributed by atoms with Crippen LogP contribution in [-0.2, 0) is 11.8 Å². The fourth-order valence-electron chi connectivity index (χ4n) is 2.83. The molecule has 3 rings (SSSR count). The molecule has 8 heteroatoms. The number of fused-ring (bicyclic) bond motifs is 1. The third-order valence-electron chi connectivity index (χ3n) is 4.41. The summed E-state index contributed by atoms with van der Waals surface area (Å²) < 4.78 is 31.2. The maximum atomic E-state index is 13.0. The lowest BCUT2D eigenvalue weighted by Crippen LogP contribution is -2.47. The smallest absolute Gasteiger partial charge is 0.309 e. The number of carbonyl (C=O) groups is 1. The summed E-state index contributed by atoms with van der Waals surface area (Å²) in [6.45, 7) is 3.21. The van der Waals surface area contributed by atoms with Gasteiger partial charge in [-0.1, -0.05) is 18.2 Å². The largest absolute Gasteiger partial charge is 0.416 e. The summed E-state index contributed by atoms with van der Waals surface area (Å²) in [5, 5.41) is 10.1. The molecule has 1 atom stereocenters. The molecule has 0 aliphatic carbocycles. The van der Waals surface area contributed by atoms with Crippen molar-refractivity contribution in [3.8, 4) is 0 Å². The molecule has 0 fully saturated rings. The van der Waals surface area contributed by atoms with Crippen molar-refractivity contribution < 1.29 is 18.0 Å². The first-order valence-corrected chi connectivity index (χ1v) is 8.01. The molecule has 0 bridgehead atoms. The first-order chi connectivity index (χ1) is 11.8. The summed E-state index contributed by atoms with van der Waals surface area (Å²) in [5.74, 6) is -1.11. The van der Waals surface area contributed by atoms with Crippen LogP contribution >= 0.6 is 0 Å². The molecule has 1 aromatic heterocycles. The number of likely N-dealkylation sites (N-methyl/N-ethyl adjacent to an activating group) is 1. The van der Waals surface area contributed by atoms with Gasteiger partial charge in [0.2, 0.25) is 5.89 Å². The molecule has 0 spiro atoms. The van der Waals surface area contributed by atoms with Gasteiger partial charge in [-0.15, -0.1) is 10.2 Å². The molecular formula is C17H20F2N4O2. The van der Waals surface area contributed by atoms with Crippen LogP contribution in [0.5, 0.6) is 0 Å². The Hall–Kier alpha value is -2.51. The normalized spacial score (nSPS) is 17.5. The standard InChI is InChI=1S/C17H20F2N4O2/c1-17(2,15(18)19)16-22-21-14(25-16)13(24)20-11-8-10-6-4-5-7-12(10)23(3)9-11/h4-7,11,15H,8-9H2,1-3H3,(H,20,24). The number of hydrogen-bond acceptors (Lipinski definition) is 5. The highest BCUT2D eigenvalue weighted by Crippen LogP contribution is 2.29. The van der Waals surface area contributed by atoms with Crippen LogP contribution in [0.2, 0.25) is 0 Å². The number of rotatable bonds is 4. The molecule has 6 nitrogen and oxygen atoms in total. The second kappa shape index (κ2) is 6.42. The number of anilines is 1. The van der Waals surface area contributed by atoms with Crippen LogP contribution in [0.25, 0.3) is 0 Å². The summed E-state index contributed by atoms with van der Waals surface area (Å²) in [6.07, 6.45) is -2.00. The van der Waals surface area contributed by atoms with Crippen LogP contribution in [0.1, 0.15) is 36.0 Å². The zero-order valence-electron chi connectivity index (χ0n) is 14.3. The molecular weight excluding hydrogens is 330 g/mol. The number of amides is 1. The minimum Gasteiger partial charge on any atom is -0.416 e. The van der Waals surface area contributed by atoms with E-state index in [2.05, 4.69) is 20.4 Å². The minimum atomic E-state index is -2.67. The molecule has 2 heterocycles. The van der Waals surface area contributed by atoms with Gasteiger partial charge in [0, 0.05) is 19.3 Å². The van der Waals surface area contributed by atoms with E-state index in [1.54, 1.807) is 0 Å². The third-order valence-corrected chi connectivity index (χ3v) is 4.41. The molecule has 2 aromatic rings. The van der Waals surface area contributed by atoms with Gasteiger partial charge in [-0.3, -0.25) is 4.79 Å². The van der Waals surface area contributed by atoms with Crippen molar-refractivity contribution in [2.45, 2.75) is 38.2 Å². The van der Waals surface area contributed by atoms with Gasteiger partial charge in [-0.2, -0.15) is 0 Å². The number of aromatic nitrogens is 2. The zero-order valence-corrected chi connectivity index (χ0v) is 14.3. The molecule has 25 heavy (non-hydrogen) atoms. The minimum absolute atomic E-state index is 0.133. The molecule has 1 amide bonds. The maximum absolute atomic E-state index is 13.0. The number of carbonyl (C=O) groups excluding carboxylic acids is 1.